The number of benzene rings is 2. The monoisotopic (exact) mass is 297 g/mol. The van der Waals surface area contributed by atoms with Gasteiger partial charge in [0.1, 0.15) is 11.6 Å². The summed E-state index contributed by atoms with van der Waals surface area (Å²) in [7, 11) is 0. The number of rotatable bonds is 5. The third-order valence-electron chi connectivity index (χ3n) is 3.24. The lowest BCUT2D eigenvalue weighted by Gasteiger charge is -2.04. The van der Waals surface area contributed by atoms with Gasteiger partial charge in [-0.3, -0.25) is 5.10 Å². The summed E-state index contributed by atoms with van der Waals surface area (Å²) in [6.07, 6.45) is 0.694. The number of H-pyrrole nitrogens is 1. The van der Waals surface area contributed by atoms with Crippen LogP contribution >= 0.6 is 0 Å². The Morgan fingerprint density at radius 2 is 1.77 bits per heavy atom. The average molecular weight is 297 g/mol. The van der Waals surface area contributed by atoms with Gasteiger partial charge in [0.25, 0.3) is 0 Å². The van der Waals surface area contributed by atoms with Crippen LogP contribution in [0.15, 0.2) is 48.5 Å². The molecule has 0 unspecified atom stereocenters. The molecule has 0 saturated carbocycles. The first-order valence-electron chi connectivity index (χ1n) is 6.97. The second kappa shape index (κ2) is 6.26. The maximum atomic E-state index is 12.8. The molecule has 4 N–H and O–H groups in total. The van der Waals surface area contributed by atoms with Gasteiger partial charge in [0.15, 0.2) is 5.82 Å². The van der Waals surface area contributed by atoms with E-state index in [9.17, 15) is 4.39 Å². The molecule has 1 heterocycles. The summed E-state index contributed by atoms with van der Waals surface area (Å²) in [6.45, 7) is 0.683. The fraction of sp³-hybridized carbons (Fsp3) is 0.125. The van der Waals surface area contributed by atoms with Gasteiger partial charge in [-0.2, -0.15) is 5.10 Å². The minimum absolute atomic E-state index is 0.242. The van der Waals surface area contributed by atoms with E-state index >= 15 is 0 Å². The van der Waals surface area contributed by atoms with Gasteiger partial charge < -0.3 is 11.1 Å². The van der Waals surface area contributed by atoms with E-state index in [1.165, 1.54) is 12.1 Å². The second-order valence-corrected chi connectivity index (χ2v) is 4.91. The van der Waals surface area contributed by atoms with Crippen LogP contribution in [-0.4, -0.2) is 21.7 Å². The smallest absolute Gasteiger partial charge is 0.181 e. The SMILES string of the molecule is Nc1ccc(-c2n[nH]c(CCNc3ccc(F)cc3)n2)cc1. The molecule has 3 aromatic rings. The number of nitrogens with one attached hydrogen (secondary N) is 2. The van der Waals surface area contributed by atoms with E-state index in [4.69, 9.17) is 5.73 Å². The second-order valence-electron chi connectivity index (χ2n) is 4.91. The Bertz CT molecular complexity index is 734. The van der Waals surface area contributed by atoms with Crippen molar-refractivity contribution >= 4 is 11.4 Å². The number of hydrogen-bond donors (Lipinski definition) is 3. The van der Waals surface area contributed by atoms with Crippen LogP contribution in [0.1, 0.15) is 5.82 Å². The third-order valence-corrected chi connectivity index (χ3v) is 3.24. The highest BCUT2D eigenvalue weighted by atomic mass is 19.1. The number of nitrogens with two attached hydrogens (primary N) is 1. The van der Waals surface area contributed by atoms with Gasteiger partial charge >= 0.3 is 0 Å². The predicted molar refractivity (Wildman–Crippen MR) is 84.8 cm³/mol. The lowest BCUT2D eigenvalue weighted by molar-refractivity contribution is 0.628. The van der Waals surface area contributed by atoms with Crippen LogP contribution in [0.25, 0.3) is 11.4 Å². The molecule has 0 saturated heterocycles. The van der Waals surface area contributed by atoms with Crippen molar-refractivity contribution in [3.63, 3.8) is 0 Å². The quantitative estimate of drug-likeness (QED) is 0.633. The van der Waals surface area contributed by atoms with Crippen LogP contribution in [0.4, 0.5) is 15.8 Å². The van der Waals surface area contributed by atoms with Gasteiger partial charge in [0.2, 0.25) is 0 Å². The third kappa shape index (κ3) is 3.41. The number of aromatic nitrogens is 3. The molecule has 6 heteroatoms. The summed E-state index contributed by atoms with van der Waals surface area (Å²) in [5, 5.41) is 10.3. The summed E-state index contributed by atoms with van der Waals surface area (Å²) in [5.74, 6) is 1.20. The summed E-state index contributed by atoms with van der Waals surface area (Å²) in [4.78, 5) is 4.45. The molecule has 0 amide bonds. The van der Waals surface area contributed by atoms with Crippen molar-refractivity contribution in [1.29, 1.82) is 0 Å². The maximum Gasteiger partial charge on any atom is 0.181 e. The average Bonchev–Trinajstić information content (AvgIpc) is 2.99. The summed E-state index contributed by atoms with van der Waals surface area (Å²) in [5.41, 5.74) is 8.17. The number of aromatic amines is 1. The van der Waals surface area contributed by atoms with Crippen molar-refractivity contribution in [3.8, 4) is 11.4 Å². The Labute approximate surface area is 127 Å². The first-order chi connectivity index (χ1) is 10.7. The minimum atomic E-state index is -0.242. The number of anilines is 2. The minimum Gasteiger partial charge on any atom is -0.399 e. The van der Waals surface area contributed by atoms with Crippen LogP contribution in [0, 0.1) is 5.82 Å². The predicted octanol–water partition coefficient (Wildman–Crippen LogP) is 2.85. The summed E-state index contributed by atoms with van der Waals surface area (Å²) < 4.78 is 12.8. The molecular formula is C16H16FN5. The number of nitrogen functional groups attached to an aromatic ring is 1. The van der Waals surface area contributed by atoms with Gasteiger partial charge in [0.05, 0.1) is 0 Å². The zero-order valence-electron chi connectivity index (χ0n) is 11.9. The molecule has 3 rings (SSSR count). The zero-order chi connectivity index (χ0) is 15.4. The van der Waals surface area contributed by atoms with E-state index in [0.29, 0.717) is 24.5 Å². The first kappa shape index (κ1) is 14.1. The van der Waals surface area contributed by atoms with E-state index in [1.54, 1.807) is 12.1 Å². The van der Waals surface area contributed by atoms with Crippen molar-refractivity contribution in [2.75, 3.05) is 17.6 Å². The van der Waals surface area contributed by atoms with Crippen LogP contribution in [0.5, 0.6) is 0 Å². The van der Waals surface area contributed by atoms with Crippen LogP contribution in [-0.2, 0) is 6.42 Å². The van der Waals surface area contributed by atoms with Crippen LogP contribution in [0.3, 0.4) is 0 Å². The van der Waals surface area contributed by atoms with Gasteiger partial charge in [-0.05, 0) is 48.5 Å². The van der Waals surface area contributed by atoms with Crippen LogP contribution < -0.4 is 11.1 Å². The molecule has 0 atom stereocenters. The molecule has 112 valence electrons. The molecule has 0 spiro atoms. The maximum absolute atomic E-state index is 12.8. The lowest BCUT2D eigenvalue weighted by Crippen LogP contribution is -2.05. The Kier molecular flexibility index (Phi) is 4.00. The molecule has 1 aromatic heterocycles. The van der Waals surface area contributed by atoms with Crippen molar-refractivity contribution in [2.45, 2.75) is 6.42 Å². The van der Waals surface area contributed by atoms with Gasteiger partial charge in [-0.15, -0.1) is 0 Å². The van der Waals surface area contributed by atoms with E-state index < -0.39 is 0 Å². The normalized spacial score (nSPS) is 10.6. The summed E-state index contributed by atoms with van der Waals surface area (Å²) in [6, 6.07) is 13.7. The molecule has 0 bridgehead atoms. The molecular weight excluding hydrogens is 281 g/mol. The molecule has 0 fully saturated rings. The van der Waals surface area contributed by atoms with E-state index in [2.05, 4.69) is 20.5 Å². The highest BCUT2D eigenvalue weighted by molar-refractivity contribution is 5.58. The zero-order valence-corrected chi connectivity index (χ0v) is 11.9. The van der Waals surface area contributed by atoms with Gasteiger partial charge in [0, 0.05) is 29.9 Å². The van der Waals surface area contributed by atoms with E-state index in [0.717, 1.165) is 17.1 Å². The molecule has 2 aromatic carbocycles. The molecule has 0 radical (unpaired) electrons. The van der Waals surface area contributed by atoms with E-state index in [-0.39, 0.29) is 5.82 Å². The highest BCUT2D eigenvalue weighted by Crippen LogP contribution is 2.16. The molecule has 22 heavy (non-hydrogen) atoms. The molecule has 5 nitrogen and oxygen atoms in total. The number of hydrogen-bond acceptors (Lipinski definition) is 4. The standard InChI is InChI=1S/C16H16FN5/c17-12-3-7-14(8-4-12)19-10-9-15-20-16(22-21-15)11-1-5-13(18)6-2-11/h1-8,19H,9-10,18H2,(H,20,21,22). The molecule has 0 aliphatic rings. The topological polar surface area (TPSA) is 79.6 Å². The highest BCUT2D eigenvalue weighted by Gasteiger charge is 2.05. The summed E-state index contributed by atoms with van der Waals surface area (Å²) >= 11 is 0. The fourth-order valence-electron chi connectivity index (χ4n) is 2.06. The Morgan fingerprint density at radius 1 is 1.05 bits per heavy atom. The van der Waals surface area contributed by atoms with Crippen molar-refractivity contribution in [2.24, 2.45) is 0 Å². The largest absolute Gasteiger partial charge is 0.399 e. The number of halogens is 1. The molecule has 0 aliphatic heterocycles. The molecule has 0 aliphatic carbocycles. The van der Waals surface area contributed by atoms with Crippen molar-refractivity contribution in [1.82, 2.24) is 15.2 Å². The van der Waals surface area contributed by atoms with Crippen molar-refractivity contribution in [3.05, 3.63) is 60.2 Å². The Hall–Kier alpha value is -2.89. The van der Waals surface area contributed by atoms with Crippen molar-refractivity contribution < 1.29 is 4.39 Å². The first-order valence-corrected chi connectivity index (χ1v) is 6.97. The Balaban J connectivity index is 1.57. The van der Waals surface area contributed by atoms with Gasteiger partial charge in [-0.25, -0.2) is 9.37 Å². The van der Waals surface area contributed by atoms with E-state index in [1.807, 2.05) is 24.3 Å². The van der Waals surface area contributed by atoms with Crippen LogP contribution in [0.2, 0.25) is 0 Å². The lowest BCUT2D eigenvalue weighted by atomic mass is 10.2. The van der Waals surface area contributed by atoms with Gasteiger partial charge in [-0.1, -0.05) is 0 Å². The fourth-order valence-corrected chi connectivity index (χ4v) is 2.06. The number of nitrogens with zero attached hydrogens (tertiary/aromatic N) is 2. The Morgan fingerprint density at radius 3 is 2.50 bits per heavy atom.